The van der Waals surface area contributed by atoms with Gasteiger partial charge in [0.15, 0.2) is 28.8 Å². The summed E-state index contributed by atoms with van der Waals surface area (Å²) < 4.78 is 0. The van der Waals surface area contributed by atoms with Gasteiger partial charge in [0.1, 0.15) is 16.7 Å². The van der Waals surface area contributed by atoms with E-state index in [4.69, 9.17) is 0 Å². The molecule has 0 unspecified atom stereocenters. The molecule has 0 amide bonds. The maximum atomic E-state index is 15.2. The number of phenols is 2. The van der Waals surface area contributed by atoms with Gasteiger partial charge in [-0.15, -0.1) is 6.58 Å². The highest BCUT2D eigenvalue weighted by Crippen LogP contribution is 2.66. The van der Waals surface area contributed by atoms with Crippen molar-refractivity contribution >= 4 is 23.1 Å². The average Bonchev–Trinajstić information content (AvgIpc) is 2.91. The molecular weight excluding hydrogens is 552 g/mol. The summed E-state index contributed by atoms with van der Waals surface area (Å²) in [5.41, 5.74) is -0.587. The number of hydrogen-bond donors (Lipinski definition) is 3. The maximum Gasteiger partial charge on any atom is 0.184 e. The Kier molecular flexibility index (Phi) is 10.1. The predicted molar refractivity (Wildman–Crippen MR) is 176 cm³/mol. The van der Waals surface area contributed by atoms with Crippen LogP contribution in [0.3, 0.4) is 0 Å². The van der Waals surface area contributed by atoms with Crippen LogP contribution in [0.1, 0.15) is 99.5 Å². The molecule has 6 nitrogen and oxygen atoms in total. The van der Waals surface area contributed by atoms with Crippen LogP contribution in [-0.4, -0.2) is 32.7 Å². The number of Topliss-reactive ketones (excluding diaryl/α,β-unsaturated/α-hetero) is 3. The second kappa shape index (κ2) is 12.7. The van der Waals surface area contributed by atoms with Gasteiger partial charge < -0.3 is 15.3 Å². The average molecular weight is 603 g/mol. The van der Waals surface area contributed by atoms with Crippen LogP contribution in [0.2, 0.25) is 0 Å². The lowest BCUT2D eigenvalue weighted by molar-refractivity contribution is -0.177. The van der Waals surface area contributed by atoms with Gasteiger partial charge in [-0.25, -0.2) is 0 Å². The molecule has 3 rings (SSSR count). The minimum atomic E-state index is -1.62. The summed E-state index contributed by atoms with van der Waals surface area (Å²) in [6, 6.07) is 3.64. The zero-order valence-corrected chi connectivity index (χ0v) is 27.8. The van der Waals surface area contributed by atoms with Crippen LogP contribution in [0, 0.1) is 28.1 Å². The number of benzene rings is 1. The van der Waals surface area contributed by atoms with Crippen molar-refractivity contribution in [3.63, 3.8) is 0 Å². The largest absolute Gasteiger partial charge is 0.506 e. The Morgan fingerprint density at radius 1 is 0.955 bits per heavy atom. The first kappa shape index (κ1) is 34.8. The summed E-state index contributed by atoms with van der Waals surface area (Å²) in [4.78, 5) is 44.9. The number of phenolic OH excluding ortho intramolecular Hbond substituents is 2. The molecule has 0 spiro atoms. The van der Waals surface area contributed by atoms with Crippen LogP contribution < -0.4 is 0 Å². The Labute approximate surface area is 263 Å². The van der Waals surface area contributed by atoms with Gasteiger partial charge in [-0.2, -0.15) is 0 Å². The Morgan fingerprint density at radius 2 is 1.57 bits per heavy atom. The van der Waals surface area contributed by atoms with Crippen molar-refractivity contribution in [1.29, 1.82) is 0 Å². The molecule has 3 N–H and O–H groups in total. The summed E-state index contributed by atoms with van der Waals surface area (Å²) in [5, 5.41) is 31.7. The second-order valence-electron chi connectivity index (χ2n) is 14.3. The third-order valence-corrected chi connectivity index (χ3v) is 10.1. The van der Waals surface area contributed by atoms with Crippen molar-refractivity contribution in [3.05, 3.63) is 76.9 Å². The van der Waals surface area contributed by atoms with E-state index < -0.39 is 50.6 Å². The number of carbonyl (C=O) groups excluding carboxylic acids is 3. The van der Waals surface area contributed by atoms with E-state index in [1.807, 2.05) is 61.5 Å². The number of aliphatic hydroxyl groups excluding tert-OH is 1. The topological polar surface area (TPSA) is 112 Å². The van der Waals surface area contributed by atoms with Crippen molar-refractivity contribution in [3.8, 4) is 11.5 Å². The normalized spacial score (nSPS) is 26.1. The molecule has 2 aliphatic carbocycles. The highest BCUT2D eigenvalue weighted by atomic mass is 16.3. The second-order valence-corrected chi connectivity index (χ2v) is 14.3. The summed E-state index contributed by atoms with van der Waals surface area (Å²) in [6.07, 6.45) is 6.46. The Hall–Kier alpha value is -3.67. The van der Waals surface area contributed by atoms with E-state index in [1.165, 1.54) is 12.1 Å². The Balaban J connectivity index is 2.45. The highest BCUT2D eigenvalue weighted by Gasteiger charge is 2.74. The van der Waals surface area contributed by atoms with Crippen LogP contribution in [0.15, 0.2) is 71.4 Å². The fourth-order valence-corrected chi connectivity index (χ4v) is 7.19. The summed E-state index contributed by atoms with van der Waals surface area (Å²) >= 11 is 0. The molecule has 0 heterocycles. The van der Waals surface area contributed by atoms with E-state index >= 15 is 4.79 Å². The van der Waals surface area contributed by atoms with Crippen molar-refractivity contribution in [1.82, 2.24) is 0 Å². The van der Waals surface area contributed by atoms with Crippen molar-refractivity contribution < 1.29 is 29.7 Å². The van der Waals surface area contributed by atoms with Crippen molar-refractivity contribution in [2.24, 2.45) is 28.1 Å². The van der Waals surface area contributed by atoms with E-state index in [9.17, 15) is 24.9 Å². The maximum absolute atomic E-state index is 15.2. The van der Waals surface area contributed by atoms with Gasteiger partial charge in [0.05, 0.1) is 5.41 Å². The highest BCUT2D eigenvalue weighted by molar-refractivity contribution is 6.41. The number of rotatable bonds is 11. The summed E-state index contributed by atoms with van der Waals surface area (Å²) in [5.74, 6) is -3.61. The first-order valence-electron chi connectivity index (χ1n) is 15.5. The van der Waals surface area contributed by atoms with Gasteiger partial charge >= 0.3 is 0 Å². The molecule has 6 heteroatoms. The van der Waals surface area contributed by atoms with E-state index in [0.717, 1.165) is 28.4 Å². The Morgan fingerprint density at radius 3 is 2.09 bits per heavy atom. The molecule has 0 saturated heterocycles. The smallest absolute Gasteiger partial charge is 0.184 e. The van der Waals surface area contributed by atoms with E-state index in [1.54, 1.807) is 0 Å². The molecule has 44 heavy (non-hydrogen) atoms. The molecule has 2 aliphatic rings. The number of allylic oxidation sites excluding steroid dienone is 7. The molecular formula is C38H50O6. The third-order valence-electron chi connectivity index (χ3n) is 10.1. The van der Waals surface area contributed by atoms with Crippen LogP contribution in [0.25, 0.3) is 5.76 Å². The molecule has 238 valence electrons. The lowest BCUT2D eigenvalue weighted by atomic mass is 9.38. The monoisotopic (exact) mass is 602 g/mol. The zero-order valence-electron chi connectivity index (χ0n) is 27.8. The van der Waals surface area contributed by atoms with Gasteiger partial charge in [-0.3, -0.25) is 14.4 Å². The minimum Gasteiger partial charge on any atom is -0.506 e. The molecule has 2 saturated carbocycles. The number of fused-ring (bicyclic) bond motifs is 2. The number of aromatic hydroxyl groups is 2. The quantitative estimate of drug-likeness (QED) is 0.0583. The molecule has 0 aromatic heterocycles. The molecule has 4 atom stereocenters. The standard InChI is InChI=1S/C38H50O6/c1-22(2)11-13-27(25(7)8)20-37-21-28(15-12-23(3)4)36(9,10)38(35(37)44,18-17-24(5)6)34(43)31(33(37)42)32(41)26-14-16-29(39)30(40)19-26/h12,14,16-17,19,27-28,39-41H,1,7,11,13,15,18,20-21H2,2-6,8-10H3/t27-,28-,37+,38-/m1/s1. The minimum absolute atomic E-state index is 0.00886. The molecule has 0 aliphatic heterocycles. The zero-order chi connectivity index (χ0) is 33.4. The van der Waals surface area contributed by atoms with E-state index in [-0.39, 0.29) is 42.4 Å². The van der Waals surface area contributed by atoms with Crippen molar-refractivity contribution in [2.45, 2.75) is 93.9 Å². The number of ketones is 3. The van der Waals surface area contributed by atoms with Gasteiger partial charge in [0.25, 0.3) is 0 Å². The van der Waals surface area contributed by atoms with Gasteiger partial charge in [-0.05, 0) is 116 Å². The van der Waals surface area contributed by atoms with E-state index in [0.29, 0.717) is 19.3 Å². The molecule has 1 aromatic carbocycles. The molecule has 1 aromatic rings. The molecule has 2 fully saturated rings. The number of carbonyl (C=O) groups is 3. The summed E-state index contributed by atoms with van der Waals surface area (Å²) in [6.45, 7) is 23.8. The van der Waals surface area contributed by atoms with Gasteiger partial charge in [0.2, 0.25) is 0 Å². The fraction of sp³-hybridized carbons (Fsp3) is 0.500. The van der Waals surface area contributed by atoms with Crippen LogP contribution in [-0.2, 0) is 14.4 Å². The first-order valence-corrected chi connectivity index (χ1v) is 15.5. The number of hydrogen-bond acceptors (Lipinski definition) is 6. The fourth-order valence-electron chi connectivity index (χ4n) is 7.19. The van der Waals surface area contributed by atoms with Crippen molar-refractivity contribution in [2.75, 3.05) is 0 Å². The van der Waals surface area contributed by atoms with Crippen LogP contribution >= 0.6 is 0 Å². The third kappa shape index (κ3) is 6.00. The molecule has 2 bridgehead atoms. The lowest BCUT2D eigenvalue weighted by Crippen LogP contribution is -2.69. The van der Waals surface area contributed by atoms with Crippen LogP contribution in [0.5, 0.6) is 11.5 Å². The number of aliphatic hydroxyl groups is 1. The predicted octanol–water partition coefficient (Wildman–Crippen LogP) is 8.76. The van der Waals surface area contributed by atoms with Gasteiger partial charge in [0, 0.05) is 5.56 Å². The van der Waals surface area contributed by atoms with E-state index in [2.05, 4.69) is 19.2 Å². The van der Waals surface area contributed by atoms with Gasteiger partial charge in [-0.1, -0.05) is 54.9 Å². The Bertz CT molecular complexity index is 1480. The lowest BCUT2D eigenvalue weighted by Gasteiger charge is -2.60. The SMILES string of the molecule is C=C(C)CC[C@H](C[C@]12C[C@@H](CC=C(C)C)C(C)(C)[C@](CC=C(C)C)(C(=O)C(=C(O)c3ccc(O)c(O)c3)C1=O)C2=O)C(=C)C. The molecule has 0 radical (unpaired) electrons. The summed E-state index contributed by atoms with van der Waals surface area (Å²) in [7, 11) is 0. The first-order chi connectivity index (χ1) is 20.3. The van der Waals surface area contributed by atoms with Crippen LogP contribution in [0.4, 0.5) is 0 Å².